The standard InChI is InChI=1S/C25H30N/c1-18-22(24-16-19-10-5-6-11-20(19)17-26(24)4)14-9-15-23(18)25(2,3)21-12-7-8-13-21/h5-6,9-11,14-17,21H,7-8,12-13H2,1-4H3/q+1. The van der Waals surface area contributed by atoms with E-state index >= 15 is 0 Å². The first-order chi connectivity index (χ1) is 12.5. The van der Waals surface area contributed by atoms with Gasteiger partial charge in [0, 0.05) is 17.0 Å². The lowest BCUT2D eigenvalue weighted by Gasteiger charge is -2.34. The van der Waals surface area contributed by atoms with Crippen LogP contribution in [0, 0.1) is 12.8 Å². The average Bonchev–Trinajstić information content (AvgIpc) is 3.17. The predicted molar refractivity (Wildman–Crippen MR) is 110 cm³/mol. The monoisotopic (exact) mass is 344 g/mol. The molecule has 1 heteroatoms. The van der Waals surface area contributed by atoms with Gasteiger partial charge in [-0.3, -0.25) is 0 Å². The van der Waals surface area contributed by atoms with Crippen LogP contribution in [0.1, 0.15) is 50.7 Å². The number of rotatable bonds is 3. The fourth-order valence-corrected chi connectivity index (χ4v) is 5.03. The Balaban J connectivity index is 1.85. The van der Waals surface area contributed by atoms with Crippen LogP contribution in [0.5, 0.6) is 0 Å². The van der Waals surface area contributed by atoms with E-state index in [1.165, 1.54) is 58.8 Å². The van der Waals surface area contributed by atoms with Crippen molar-refractivity contribution in [2.75, 3.05) is 0 Å². The van der Waals surface area contributed by atoms with Gasteiger partial charge in [-0.05, 0) is 59.7 Å². The molecule has 26 heavy (non-hydrogen) atoms. The smallest absolute Gasteiger partial charge is 0.200 e. The second-order valence-corrected chi connectivity index (χ2v) is 8.58. The first kappa shape index (κ1) is 17.3. The summed E-state index contributed by atoms with van der Waals surface area (Å²) in [6, 6.07) is 17.9. The van der Waals surface area contributed by atoms with E-state index in [1.54, 1.807) is 0 Å². The minimum atomic E-state index is 0.242. The molecule has 0 radical (unpaired) electrons. The van der Waals surface area contributed by atoms with E-state index in [0.29, 0.717) is 0 Å². The SMILES string of the molecule is Cc1c(-c2cc3ccccc3c[n+]2C)cccc1C(C)(C)C1CCCC1. The highest BCUT2D eigenvalue weighted by Crippen LogP contribution is 2.44. The van der Waals surface area contributed by atoms with Crippen LogP contribution in [0.15, 0.2) is 54.7 Å². The third-order valence-corrected chi connectivity index (χ3v) is 6.68. The van der Waals surface area contributed by atoms with Crippen LogP contribution in [0.4, 0.5) is 0 Å². The summed E-state index contributed by atoms with van der Waals surface area (Å²) in [6.45, 7) is 7.22. The van der Waals surface area contributed by atoms with E-state index in [2.05, 4.69) is 87.1 Å². The van der Waals surface area contributed by atoms with Crippen molar-refractivity contribution in [3.8, 4) is 11.3 Å². The van der Waals surface area contributed by atoms with Crippen LogP contribution in [-0.4, -0.2) is 0 Å². The maximum atomic E-state index is 2.45. The molecule has 0 N–H and O–H groups in total. The summed E-state index contributed by atoms with van der Waals surface area (Å²) in [5, 5.41) is 2.60. The van der Waals surface area contributed by atoms with Crippen molar-refractivity contribution in [3.05, 3.63) is 65.9 Å². The van der Waals surface area contributed by atoms with Gasteiger partial charge in [-0.25, -0.2) is 4.57 Å². The Kier molecular flexibility index (Phi) is 4.34. The van der Waals surface area contributed by atoms with Crippen LogP contribution >= 0.6 is 0 Å². The number of aryl methyl sites for hydroxylation is 1. The van der Waals surface area contributed by atoms with E-state index in [1.807, 2.05) is 0 Å². The summed E-state index contributed by atoms with van der Waals surface area (Å²) in [6.07, 6.45) is 7.79. The van der Waals surface area contributed by atoms with E-state index in [4.69, 9.17) is 0 Å². The number of nitrogens with zero attached hydrogens (tertiary/aromatic N) is 1. The molecule has 134 valence electrons. The summed E-state index contributed by atoms with van der Waals surface area (Å²) < 4.78 is 2.27. The number of aromatic nitrogens is 1. The summed E-state index contributed by atoms with van der Waals surface area (Å²) >= 11 is 0. The topological polar surface area (TPSA) is 3.88 Å². The number of benzene rings is 2. The first-order valence-electron chi connectivity index (χ1n) is 9.97. The number of hydrogen-bond donors (Lipinski definition) is 0. The van der Waals surface area contributed by atoms with Gasteiger partial charge in [0.25, 0.3) is 0 Å². The summed E-state index contributed by atoms with van der Waals surface area (Å²) in [4.78, 5) is 0. The second-order valence-electron chi connectivity index (χ2n) is 8.58. The van der Waals surface area contributed by atoms with Gasteiger partial charge in [-0.2, -0.15) is 0 Å². The molecule has 0 saturated heterocycles. The molecule has 0 aliphatic heterocycles. The third-order valence-electron chi connectivity index (χ3n) is 6.68. The zero-order valence-corrected chi connectivity index (χ0v) is 16.5. The molecular weight excluding hydrogens is 314 g/mol. The molecule has 2 aromatic carbocycles. The molecule has 1 heterocycles. The molecule has 0 amide bonds. The molecule has 0 bridgehead atoms. The van der Waals surface area contributed by atoms with E-state index in [-0.39, 0.29) is 5.41 Å². The highest BCUT2D eigenvalue weighted by Gasteiger charge is 2.35. The van der Waals surface area contributed by atoms with Gasteiger partial charge in [-0.1, -0.05) is 57.0 Å². The molecule has 3 aromatic rings. The number of pyridine rings is 1. The van der Waals surface area contributed by atoms with Gasteiger partial charge >= 0.3 is 0 Å². The fraction of sp³-hybridized carbons (Fsp3) is 0.400. The molecule has 1 fully saturated rings. The molecule has 1 aliphatic rings. The van der Waals surface area contributed by atoms with Crippen molar-refractivity contribution in [3.63, 3.8) is 0 Å². The van der Waals surface area contributed by atoms with Gasteiger partial charge in [0.2, 0.25) is 5.69 Å². The molecule has 1 aliphatic carbocycles. The Bertz CT molecular complexity index is 946. The lowest BCUT2D eigenvalue weighted by atomic mass is 9.70. The van der Waals surface area contributed by atoms with Gasteiger partial charge in [0.05, 0.1) is 0 Å². The van der Waals surface area contributed by atoms with Crippen LogP contribution < -0.4 is 4.57 Å². The second kappa shape index (κ2) is 6.54. The summed E-state index contributed by atoms with van der Waals surface area (Å²) in [7, 11) is 2.16. The zero-order valence-electron chi connectivity index (χ0n) is 16.5. The van der Waals surface area contributed by atoms with Gasteiger partial charge in [0.1, 0.15) is 7.05 Å². The van der Waals surface area contributed by atoms with E-state index in [0.717, 1.165) is 5.92 Å². The Morgan fingerprint density at radius 3 is 2.35 bits per heavy atom. The fourth-order valence-electron chi connectivity index (χ4n) is 5.03. The summed E-state index contributed by atoms with van der Waals surface area (Å²) in [5.74, 6) is 0.807. The largest absolute Gasteiger partial charge is 0.213 e. The van der Waals surface area contributed by atoms with Crippen molar-refractivity contribution in [2.45, 2.75) is 51.9 Å². The Morgan fingerprint density at radius 2 is 1.62 bits per heavy atom. The van der Waals surface area contributed by atoms with Crippen molar-refractivity contribution >= 4 is 10.8 Å². The first-order valence-corrected chi connectivity index (χ1v) is 9.97. The molecule has 0 spiro atoms. The maximum absolute atomic E-state index is 2.45. The van der Waals surface area contributed by atoms with E-state index < -0.39 is 0 Å². The van der Waals surface area contributed by atoms with Crippen LogP contribution in [0.3, 0.4) is 0 Å². The molecular formula is C25H30N+. The van der Waals surface area contributed by atoms with E-state index in [9.17, 15) is 0 Å². The zero-order chi connectivity index (χ0) is 18.3. The highest BCUT2D eigenvalue weighted by molar-refractivity contribution is 5.84. The van der Waals surface area contributed by atoms with Gasteiger partial charge < -0.3 is 0 Å². The minimum Gasteiger partial charge on any atom is -0.200 e. The average molecular weight is 345 g/mol. The van der Waals surface area contributed by atoms with Crippen LogP contribution in [-0.2, 0) is 12.5 Å². The molecule has 1 nitrogen and oxygen atoms in total. The molecule has 0 atom stereocenters. The van der Waals surface area contributed by atoms with Crippen molar-refractivity contribution in [2.24, 2.45) is 13.0 Å². The molecule has 4 rings (SSSR count). The molecule has 1 aromatic heterocycles. The van der Waals surface area contributed by atoms with Gasteiger partial charge in [0.15, 0.2) is 6.20 Å². The molecule has 0 unspecified atom stereocenters. The highest BCUT2D eigenvalue weighted by atomic mass is 14.9. The van der Waals surface area contributed by atoms with Gasteiger partial charge in [-0.15, -0.1) is 0 Å². The Labute approximate surface area is 157 Å². The number of hydrogen-bond acceptors (Lipinski definition) is 0. The van der Waals surface area contributed by atoms with Crippen LogP contribution in [0.2, 0.25) is 0 Å². The summed E-state index contributed by atoms with van der Waals surface area (Å²) in [5.41, 5.74) is 5.86. The Hall–Kier alpha value is -2.15. The van der Waals surface area contributed by atoms with Crippen molar-refractivity contribution in [1.82, 2.24) is 0 Å². The van der Waals surface area contributed by atoms with Crippen LogP contribution in [0.25, 0.3) is 22.0 Å². The lowest BCUT2D eigenvalue weighted by Crippen LogP contribution is -2.31. The normalized spacial score (nSPS) is 15.7. The molecule has 1 saturated carbocycles. The minimum absolute atomic E-state index is 0.242. The third kappa shape index (κ3) is 2.84. The maximum Gasteiger partial charge on any atom is 0.213 e. The lowest BCUT2D eigenvalue weighted by molar-refractivity contribution is -0.659. The predicted octanol–water partition coefficient (Wildman–Crippen LogP) is 6.11. The Morgan fingerprint density at radius 1 is 0.923 bits per heavy atom. The quantitative estimate of drug-likeness (QED) is 0.505. The number of fused-ring (bicyclic) bond motifs is 1. The van der Waals surface area contributed by atoms with Crippen molar-refractivity contribution < 1.29 is 4.57 Å². The van der Waals surface area contributed by atoms with Crippen molar-refractivity contribution in [1.29, 1.82) is 0 Å².